The molecule has 0 aliphatic carbocycles. The van der Waals surface area contributed by atoms with E-state index in [1.54, 1.807) is 31.2 Å². The molecule has 7 nitrogen and oxygen atoms in total. The lowest BCUT2D eigenvalue weighted by Crippen LogP contribution is -2.37. The summed E-state index contributed by atoms with van der Waals surface area (Å²) in [5.74, 6) is -1.13. The van der Waals surface area contributed by atoms with Crippen molar-refractivity contribution >= 4 is 28.4 Å². The summed E-state index contributed by atoms with van der Waals surface area (Å²) in [7, 11) is 0. The van der Waals surface area contributed by atoms with E-state index < -0.39 is 23.6 Å². The minimum absolute atomic E-state index is 0.0167. The monoisotopic (exact) mass is 458 g/mol. The maximum absolute atomic E-state index is 13.1. The molecule has 0 radical (unpaired) electrons. The summed E-state index contributed by atoms with van der Waals surface area (Å²) in [5.41, 5.74) is -0.560. The van der Waals surface area contributed by atoms with Crippen molar-refractivity contribution in [2.45, 2.75) is 26.1 Å². The number of aromatic amines is 1. The first kappa shape index (κ1) is 22.5. The predicted molar refractivity (Wildman–Crippen MR) is 115 cm³/mol. The fraction of sp³-hybridized carbons (Fsp3) is 0.304. The number of alkyl halides is 3. The van der Waals surface area contributed by atoms with Crippen LogP contribution < -0.4 is 10.5 Å². The number of H-pyrrole nitrogens is 1. The number of rotatable bonds is 5. The highest BCUT2D eigenvalue weighted by Crippen LogP contribution is 2.33. The zero-order valence-corrected chi connectivity index (χ0v) is 17.7. The molecular formula is C23H21F3N4O3. The maximum Gasteiger partial charge on any atom is 0.416 e. The second-order valence-electron chi connectivity index (χ2n) is 7.84. The van der Waals surface area contributed by atoms with E-state index >= 15 is 0 Å². The number of carbonyl (C=O) groups excluding carboxylic acids is 2. The van der Waals surface area contributed by atoms with Crippen molar-refractivity contribution in [1.29, 1.82) is 0 Å². The highest BCUT2D eigenvalue weighted by molar-refractivity contribution is 6.00. The second kappa shape index (κ2) is 8.68. The molecule has 172 valence electrons. The van der Waals surface area contributed by atoms with Gasteiger partial charge < -0.3 is 14.8 Å². The molecule has 2 amide bonds. The van der Waals surface area contributed by atoms with Crippen molar-refractivity contribution in [2.75, 3.05) is 18.0 Å². The van der Waals surface area contributed by atoms with Crippen molar-refractivity contribution in [2.24, 2.45) is 5.92 Å². The molecule has 1 atom stereocenters. The lowest BCUT2D eigenvalue weighted by Gasteiger charge is -2.24. The van der Waals surface area contributed by atoms with Crippen molar-refractivity contribution in [3.63, 3.8) is 0 Å². The van der Waals surface area contributed by atoms with E-state index in [0.29, 0.717) is 23.3 Å². The van der Waals surface area contributed by atoms with Crippen LogP contribution in [0.5, 0.6) is 0 Å². The summed E-state index contributed by atoms with van der Waals surface area (Å²) in [6, 6.07) is 11.3. The van der Waals surface area contributed by atoms with E-state index in [-0.39, 0.29) is 36.7 Å². The van der Waals surface area contributed by atoms with E-state index in [0.717, 1.165) is 12.1 Å². The molecule has 1 N–H and O–H groups in total. The Morgan fingerprint density at radius 2 is 1.94 bits per heavy atom. The molecule has 0 spiro atoms. The smallest absolute Gasteiger partial charge is 0.335 e. The van der Waals surface area contributed by atoms with Gasteiger partial charge in [-0.1, -0.05) is 18.2 Å². The number of amides is 2. The van der Waals surface area contributed by atoms with Gasteiger partial charge in [-0.25, -0.2) is 4.98 Å². The van der Waals surface area contributed by atoms with Gasteiger partial charge in [0.15, 0.2) is 0 Å². The van der Waals surface area contributed by atoms with E-state index in [1.165, 1.54) is 21.9 Å². The number of hydrogen-bond donors (Lipinski definition) is 1. The predicted octanol–water partition coefficient (Wildman–Crippen LogP) is 3.34. The third-order valence-electron chi connectivity index (χ3n) is 5.66. The van der Waals surface area contributed by atoms with E-state index in [9.17, 15) is 27.6 Å². The molecule has 1 aliphatic heterocycles. The Kier molecular flexibility index (Phi) is 5.92. The van der Waals surface area contributed by atoms with Crippen LogP contribution in [0.2, 0.25) is 0 Å². The van der Waals surface area contributed by atoms with Crippen LogP contribution in [0.15, 0.2) is 53.3 Å². The van der Waals surface area contributed by atoms with E-state index in [2.05, 4.69) is 9.97 Å². The van der Waals surface area contributed by atoms with Crippen LogP contribution in [0.4, 0.5) is 18.9 Å². The largest absolute Gasteiger partial charge is 0.416 e. The molecule has 33 heavy (non-hydrogen) atoms. The zero-order valence-electron chi connectivity index (χ0n) is 17.7. The summed E-state index contributed by atoms with van der Waals surface area (Å²) < 4.78 is 39.1. The lowest BCUT2D eigenvalue weighted by atomic mass is 10.1. The van der Waals surface area contributed by atoms with Gasteiger partial charge in [0.2, 0.25) is 11.8 Å². The molecule has 1 aromatic heterocycles. The number of aromatic nitrogens is 2. The molecule has 1 saturated heterocycles. The summed E-state index contributed by atoms with van der Waals surface area (Å²) in [6.45, 7) is 2.10. The Bertz CT molecular complexity index is 1270. The van der Waals surface area contributed by atoms with E-state index in [4.69, 9.17) is 0 Å². The van der Waals surface area contributed by atoms with Crippen molar-refractivity contribution in [3.8, 4) is 0 Å². The van der Waals surface area contributed by atoms with Crippen LogP contribution in [-0.4, -0.2) is 39.8 Å². The highest BCUT2D eigenvalue weighted by Gasteiger charge is 2.38. The van der Waals surface area contributed by atoms with Gasteiger partial charge in [-0.05, 0) is 37.3 Å². The van der Waals surface area contributed by atoms with Crippen LogP contribution in [0.25, 0.3) is 10.9 Å². The highest BCUT2D eigenvalue weighted by atomic mass is 19.4. The first-order valence-corrected chi connectivity index (χ1v) is 10.4. The van der Waals surface area contributed by atoms with Crippen LogP contribution in [0.1, 0.15) is 24.7 Å². The average molecular weight is 458 g/mol. The van der Waals surface area contributed by atoms with Gasteiger partial charge in [-0.3, -0.25) is 14.4 Å². The van der Waals surface area contributed by atoms with Crippen molar-refractivity contribution < 1.29 is 22.8 Å². The molecular weight excluding hydrogens is 437 g/mol. The summed E-state index contributed by atoms with van der Waals surface area (Å²) in [5, 5.41) is 0.439. The molecule has 10 heteroatoms. The Hall–Kier alpha value is -3.69. The average Bonchev–Trinajstić information content (AvgIpc) is 3.18. The molecule has 1 fully saturated rings. The number of carbonyl (C=O) groups is 2. The molecule has 1 unspecified atom stereocenters. The van der Waals surface area contributed by atoms with Crippen LogP contribution >= 0.6 is 0 Å². The number of benzene rings is 2. The number of fused-ring (bicyclic) bond motifs is 1. The van der Waals surface area contributed by atoms with Crippen LogP contribution in [-0.2, 0) is 22.3 Å². The topological polar surface area (TPSA) is 86.4 Å². The molecule has 0 saturated carbocycles. The first-order chi connectivity index (χ1) is 15.7. The van der Waals surface area contributed by atoms with Gasteiger partial charge >= 0.3 is 6.18 Å². The third-order valence-corrected chi connectivity index (χ3v) is 5.66. The fourth-order valence-corrected chi connectivity index (χ4v) is 3.97. The Morgan fingerprint density at radius 3 is 2.67 bits per heavy atom. The number of anilines is 1. The molecule has 1 aliphatic rings. The van der Waals surface area contributed by atoms with E-state index in [1.807, 2.05) is 0 Å². The van der Waals surface area contributed by atoms with Gasteiger partial charge in [-0.2, -0.15) is 13.2 Å². The van der Waals surface area contributed by atoms with Gasteiger partial charge in [-0.15, -0.1) is 0 Å². The lowest BCUT2D eigenvalue weighted by molar-refractivity contribution is -0.137. The van der Waals surface area contributed by atoms with Crippen molar-refractivity contribution in [1.82, 2.24) is 14.9 Å². The quantitative estimate of drug-likeness (QED) is 0.636. The summed E-state index contributed by atoms with van der Waals surface area (Å²) in [6.07, 6.45) is -4.63. The normalized spacial score (nSPS) is 16.4. The Morgan fingerprint density at radius 1 is 1.18 bits per heavy atom. The Labute approximate surface area is 186 Å². The minimum Gasteiger partial charge on any atom is -0.335 e. The number of nitrogens with zero attached hydrogens (tertiary/aromatic N) is 3. The summed E-state index contributed by atoms with van der Waals surface area (Å²) >= 11 is 0. The van der Waals surface area contributed by atoms with Crippen LogP contribution in [0.3, 0.4) is 0 Å². The Balaban J connectivity index is 1.52. The molecule has 2 aromatic carbocycles. The zero-order chi connectivity index (χ0) is 23.8. The molecule has 2 heterocycles. The van der Waals surface area contributed by atoms with Gasteiger partial charge in [0, 0.05) is 25.2 Å². The number of nitrogens with one attached hydrogen (secondary N) is 1. The molecule has 4 rings (SSSR count). The van der Waals surface area contributed by atoms with Gasteiger partial charge in [0.25, 0.3) is 5.56 Å². The standard InChI is InChI=1S/C23H21F3N4O3/c1-2-29(13-19-27-18-9-4-3-8-17(18)21(32)28-19)22(33)14-10-20(31)30(12-14)16-7-5-6-15(11-16)23(24,25)26/h3-9,11,14H,2,10,12-13H2,1H3,(H,27,28,32). The van der Waals surface area contributed by atoms with Gasteiger partial charge in [0.1, 0.15) is 5.82 Å². The van der Waals surface area contributed by atoms with Gasteiger partial charge in [0.05, 0.1) is 28.9 Å². The number of halogens is 3. The first-order valence-electron chi connectivity index (χ1n) is 10.4. The number of hydrogen-bond acceptors (Lipinski definition) is 4. The molecule has 3 aromatic rings. The molecule has 0 bridgehead atoms. The minimum atomic E-state index is -4.53. The summed E-state index contributed by atoms with van der Waals surface area (Å²) in [4.78, 5) is 47.7. The fourth-order valence-electron chi connectivity index (χ4n) is 3.97. The second-order valence-corrected chi connectivity index (χ2v) is 7.84. The van der Waals surface area contributed by atoms with Crippen molar-refractivity contribution in [3.05, 3.63) is 70.3 Å². The third kappa shape index (κ3) is 4.59. The maximum atomic E-state index is 13.1. The number of para-hydroxylation sites is 1. The SMILES string of the molecule is CCN(Cc1nc2ccccc2c(=O)[nH]1)C(=O)C1CC(=O)N(c2cccc(C(F)(F)F)c2)C1. The van der Waals surface area contributed by atoms with Crippen LogP contribution in [0, 0.1) is 5.92 Å².